The van der Waals surface area contributed by atoms with Crippen molar-refractivity contribution in [2.75, 3.05) is 0 Å². The summed E-state index contributed by atoms with van der Waals surface area (Å²) in [5.74, 6) is 5.66. The van der Waals surface area contributed by atoms with Gasteiger partial charge in [0, 0.05) is 6.04 Å². The third kappa shape index (κ3) is 3.09. The van der Waals surface area contributed by atoms with E-state index >= 15 is 0 Å². The van der Waals surface area contributed by atoms with E-state index in [9.17, 15) is 4.39 Å². The Morgan fingerprint density at radius 2 is 2.14 bits per heavy atom. The molecule has 1 unspecified atom stereocenters. The second kappa shape index (κ2) is 5.08. The Kier molecular flexibility index (Phi) is 4.04. The van der Waals surface area contributed by atoms with E-state index in [1.54, 1.807) is 12.1 Å². The molecule has 0 aliphatic carbocycles. The van der Waals surface area contributed by atoms with Gasteiger partial charge in [-0.05, 0) is 30.0 Å². The molecule has 3 heteroatoms. The summed E-state index contributed by atoms with van der Waals surface area (Å²) in [6.45, 7) is 4.17. The molecule has 1 aromatic carbocycles. The van der Waals surface area contributed by atoms with Crippen LogP contribution >= 0.6 is 0 Å². The van der Waals surface area contributed by atoms with Crippen LogP contribution in [0.3, 0.4) is 0 Å². The molecule has 2 nitrogen and oxygen atoms in total. The Hall–Kier alpha value is -0.930. The smallest absolute Gasteiger partial charge is 0.123 e. The zero-order valence-electron chi connectivity index (χ0n) is 8.63. The first-order valence-corrected chi connectivity index (χ1v) is 4.84. The number of hydrogen-bond acceptors (Lipinski definition) is 2. The first-order chi connectivity index (χ1) is 6.63. The molecule has 0 fully saturated rings. The first-order valence-electron chi connectivity index (χ1n) is 4.84. The van der Waals surface area contributed by atoms with Crippen LogP contribution in [-0.4, -0.2) is 6.04 Å². The maximum Gasteiger partial charge on any atom is 0.123 e. The van der Waals surface area contributed by atoms with Crippen molar-refractivity contribution in [2.24, 2.45) is 11.8 Å². The van der Waals surface area contributed by atoms with Crippen LogP contribution in [-0.2, 0) is 6.42 Å². The van der Waals surface area contributed by atoms with Crippen LogP contribution < -0.4 is 11.3 Å². The zero-order valence-corrected chi connectivity index (χ0v) is 8.63. The standard InChI is InChI=1S/C11H17FN2/c1-8(2)11(14-13)7-9-4-3-5-10(12)6-9/h3-6,8,11,14H,7,13H2,1-2H3. The van der Waals surface area contributed by atoms with E-state index in [1.807, 2.05) is 6.07 Å². The van der Waals surface area contributed by atoms with E-state index in [2.05, 4.69) is 19.3 Å². The molecule has 14 heavy (non-hydrogen) atoms. The Labute approximate surface area is 84.3 Å². The number of hydrazine groups is 1. The molecule has 0 amide bonds. The Bertz CT molecular complexity index is 286. The summed E-state index contributed by atoms with van der Waals surface area (Å²) >= 11 is 0. The molecule has 0 radical (unpaired) electrons. The van der Waals surface area contributed by atoms with Gasteiger partial charge in [0.2, 0.25) is 0 Å². The van der Waals surface area contributed by atoms with E-state index < -0.39 is 0 Å². The number of nitrogens with one attached hydrogen (secondary N) is 1. The highest BCUT2D eigenvalue weighted by Crippen LogP contribution is 2.10. The first kappa shape index (κ1) is 11.1. The van der Waals surface area contributed by atoms with E-state index in [0.29, 0.717) is 5.92 Å². The largest absolute Gasteiger partial charge is 0.271 e. The third-order valence-corrected chi connectivity index (χ3v) is 2.36. The van der Waals surface area contributed by atoms with Crippen molar-refractivity contribution in [2.45, 2.75) is 26.3 Å². The van der Waals surface area contributed by atoms with Crippen molar-refractivity contribution in [3.63, 3.8) is 0 Å². The lowest BCUT2D eigenvalue weighted by Gasteiger charge is -2.19. The van der Waals surface area contributed by atoms with Gasteiger partial charge in [-0.3, -0.25) is 11.3 Å². The monoisotopic (exact) mass is 196 g/mol. The average molecular weight is 196 g/mol. The summed E-state index contributed by atoms with van der Waals surface area (Å²) in [6.07, 6.45) is 0.756. The minimum absolute atomic E-state index is 0.191. The second-order valence-corrected chi connectivity index (χ2v) is 3.85. The quantitative estimate of drug-likeness (QED) is 0.570. The number of benzene rings is 1. The molecular weight excluding hydrogens is 179 g/mol. The van der Waals surface area contributed by atoms with Gasteiger partial charge in [0.15, 0.2) is 0 Å². The molecule has 0 aromatic heterocycles. The van der Waals surface area contributed by atoms with Gasteiger partial charge >= 0.3 is 0 Å². The lowest BCUT2D eigenvalue weighted by Crippen LogP contribution is -2.40. The van der Waals surface area contributed by atoms with Gasteiger partial charge in [-0.15, -0.1) is 0 Å². The maximum absolute atomic E-state index is 12.9. The van der Waals surface area contributed by atoms with E-state index in [1.165, 1.54) is 6.07 Å². The molecule has 0 bridgehead atoms. The topological polar surface area (TPSA) is 38.0 Å². The number of hydrogen-bond donors (Lipinski definition) is 2. The van der Waals surface area contributed by atoms with Crippen LogP contribution in [0.4, 0.5) is 4.39 Å². The summed E-state index contributed by atoms with van der Waals surface area (Å²) in [5, 5.41) is 0. The lowest BCUT2D eigenvalue weighted by atomic mass is 9.97. The average Bonchev–Trinajstić information content (AvgIpc) is 2.14. The molecule has 0 spiro atoms. The molecule has 0 saturated carbocycles. The van der Waals surface area contributed by atoms with E-state index in [4.69, 9.17) is 5.84 Å². The molecule has 1 aromatic rings. The van der Waals surface area contributed by atoms with Crippen LogP contribution in [0.5, 0.6) is 0 Å². The van der Waals surface area contributed by atoms with Crippen LogP contribution in [0.25, 0.3) is 0 Å². The summed E-state index contributed by atoms with van der Waals surface area (Å²) < 4.78 is 12.9. The number of halogens is 1. The van der Waals surface area contributed by atoms with Crippen molar-refractivity contribution in [3.05, 3.63) is 35.6 Å². The van der Waals surface area contributed by atoms with Gasteiger partial charge < -0.3 is 0 Å². The van der Waals surface area contributed by atoms with Crippen molar-refractivity contribution in [3.8, 4) is 0 Å². The molecular formula is C11H17FN2. The predicted molar refractivity (Wildman–Crippen MR) is 56.1 cm³/mol. The van der Waals surface area contributed by atoms with E-state index in [-0.39, 0.29) is 11.9 Å². The third-order valence-electron chi connectivity index (χ3n) is 2.36. The second-order valence-electron chi connectivity index (χ2n) is 3.85. The zero-order chi connectivity index (χ0) is 10.6. The molecule has 78 valence electrons. The molecule has 0 saturated heterocycles. The summed E-state index contributed by atoms with van der Waals surface area (Å²) in [5.41, 5.74) is 3.72. The van der Waals surface area contributed by atoms with Gasteiger partial charge in [0.1, 0.15) is 5.82 Å². The minimum atomic E-state index is -0.193. The van der Waals surface area contributed by atoms with E-state index in [0.717, 1.165) is 12.0 Å². The highest BCUT2D eigenvalue weighted by molar-refractivity contribution is 5.17. The van der Waals surface area contributed by atoms with Crippen LogP contribution in [0, 0.1) is 11.7 Å². The fourth-order valence-corrected chi connectivity index (χ4v) is 1.40. The van der Waals surface area contributed by atoms with Gasteiger partial charge in [-0.2, -0.15) is 0 Å². The SMILES string of the molecule is CC(C)C(Cc1cccc(F)c1)NN. The van der Waals surface area contributed by atoms with Crippen LogP contribution in [0.2, 0.25) is 0 Å². The van der Waals surface area contributed by atoms with Gasteiger partial charge in [0.05, 0.1) is 0 Å². The minimum Gasteiger partial charge on any atom is -0.271 e. The van der Waals surface area contributed by atoms with Crippen LogP contribution in [0.1, 0.15) is 19.4 Å². The lowest BCUT2D eigenvalue weighted by molar-refractivity contribution is 0.404. The molecule has 1 rings (SSSR count). The Morgan fingerprint density at radius 1 is 1.43 bits per heavy atom. The molecule has 0 aliphatic rings. The summed E-state index contributed by atoms with van der Waals surface area (Å²) in [6, 6.07) is 6.82. The molecule has 0 aliphatic heterocycles. The van der Waals surface area contributed by atoms with Gasteiger partial charge in [-0.1, -0.05) is 26.0 Å². The fraction of sp³-hybridized carbons (Fsp3) is 0.455. The van der Waals surface area contributed by atoms with Gasteiger partial charge in [0.25, 0.3) is 0 Å². The van der Waals surface area contributed by atoms with Crippen molar-refractivity contribution in [1.29, 1.82) is 0 Å². The highest BCUT2D eigenvalue weighted by atomic mass is 19.1. The van der Waals surface area contributed by atoms with Crippen molar-refractivity contribution >= 4 is 0 Å². The maximum atomic E-state index is 12.9. The van der Waals surface area contributed by atoms with Gasteiger partial charge in [-0.25, -0.2) is 4.39 Å². The molecule has 0 heterocycles. The number of rotatable bonds is 4. The predicted octanol–water partition coefficient (Wildman–Crippen LogP) is 1.86. The number of nitrogens with two attached hydrogens (primary N) is 1. The van der Waals surface area contributed by atoms with Crippen LogP contribution in [0.15, 0.2) is 24.3 Å². The molecule has 1 atom stereocenters. The van der Waals surface area contributed by atoms with Crippen molar-refractivity contribution < 1.29 is 4.39 Å². The van der Waals surface area contributed by atoms with Crippen molar-refractivity contribution in [1.82, 2.24) is 5.43 Å². The summed E-state index contributed by atoms with van der Waals surface area (Å²) in [4.78, 5) is 0. The summed E-state index contributed by atoms with van der Waals surface area (Å²) in [7, 11) is 0. The fourth-order valence-electron chi connectivity index (χ4n) is 1.40. The molecule has 3 N–H and O–H groups in total. The highest BCUT2D eigenvalue weighted by Gasteiger charge is 2.11. The Morgan fingerprint density at radius 3 is 2.64 bits per heavy atom. The Balaban J connectivity index is 2.67. The normalized spacial score (nSPS) is 13.2.